The number of aromatic nitrogens is 2. The molecule has 1 aromatic carbocycles. The molecule has 1 saturated heterocycles. The van der Waals surface area contributed by atoms with E-state index in [1.165, 1.54) is 19.3 Å². The number of methoxy groups -OCH3 is 1. The fourth-order valence-corrected chi connectivity index (χ4v) is 2.77. The minimum absolute atomic E-state index is 0.496. The van der Waals surface area contributed by atoms with E-state index in [4.69, 9.17) is 10.5 Å². The van der Waals surface area contributed by atoms with Crippen LogP contribution in [0.5, 0.6) is 5.75 Å². The molecule has 2 N–H and O–H groups in total. The SMILES string of the molecule is COc1ccccc1-c1cc(N2CCCCC2)c(N)nn1. The van der Waals surface area contributed by atoms with Crippen LogP contribution in [0.25, 0.3) is 11.3 Å². The average molecular weight is 284 g/mol. The minimum atomic E-state index is 0.496. The highest BCUT2D eigenvalue weighted by Gasteiger charge is 2.17. The fraction of sp³-hybridized carbons (Fsp3) is 0.375. The van der Waals surface area contributed by atoms with Crippen LogP contribution < -0.4 is 15.4 Å². The lowest BCUT2D eigenvalue weighted by Crippen LogP contribution is -2.30. The summed E-state index contributed by atoms with van der Waals surface area (Å²) < 4.78 is 5.40. The molecule has 1 aromatic heterocycles. The largest absolute Gasteiger partial charge is 0.496 e. The average Bonchev–Trinajstić information content (AvgIpc) is 2.56. The molecule has 0 spiro atoms. The molecule has 0 radical (unpaired) electrons. The van der Waals surface area contributed by atoms with E-state index in [9.17, 15) is 0 Å². The van der Waals surface area contributed by atoms with Gasteiger partial charge in [-0.15, -0.1) is 10.2 Å². The van der Waals surface area contributed by atoms with Gasteiger partial charge in [0.1, 0.15) is 5.75 Å². The highest BCUT2D eigenvalue weighted by Crippen LogP contribution is 2.32. The Morgan fingerprint density at radius 2 is 1.86 bits per heavy atom. The molecule has 1 aliphatic heterocycles. The number of hydrogen-bond acceptors (Lipinski definition) is 5. The molecule has 5 heteroatoms. The summed E-state index contributed by atoms with van der Waals surface area (Å²) >= 11 is 0. The minimum Gasteiger partial charge on any atom is -0.496 e. The van der Waals surface area contributed by atoms with Gasteiger partial charge in [-0.2, -0.15) is 0 Å². The van der Waals surface area contributed by atoms with Crippen molar-refractivity contribution in [3.8, 4) is 17.0 Å². The molecular formula is C16H20N4O. The molecular weight excluding hydrogens is 264 g/mol. The van der Waals surface area contributed by atoms with Crippen LogP contribution in [-0.4, -0.2) is 30.4 Å². The van der Waals surface area contributed by atoms with Crippen LogP contribution in [0.15, 0.2) is 30.3 Å². The standard InChI is InChI=1S/C16H20N4O/c1-21-15-8-4-3-7-12(15)13-11-14(16(17)19-18-13)20-9-5-2-6-10-20/h3-4,7-8,11H,2,5-6,9-10H2,1H3,(H2,17,19). The number of para-hydroxylation sites is 1. The summed E-state index contributed by atoms with van der Waals surface area (Å²) in [6, 6.07) is 9.84. The number of ether oxygens (including phenoxy) is 1. The molecule has 0 unspecified atom stereocenters. The van der Waals surface area contributed by atoms with Gasteiger partial charge in [-0.25, -0.2) is 0 Å². The second-order valence-corrected chi connectivity index (χ2v) is 5.25. The molecule has 1 fully saturated rings. The number of nitrogens with zero attached hydrogens (tertiary/aromatic N) is 3. The van der Waals surface area contributed by atoms with Crippen LogP contribution in [0.1, 0.15) is 19.3 Å². The van der Waals surface area contributed by atoms with Crippen molar-refractivity contribution in [3.05, 3.63) is 30.3 Å². The molecule has 2 heterocycles. The first-order chi connectivity index (χ1) is 10.3. The van der Waals surface area contributed by atoms with Crippen molar-refractivity contribution < 1.29 is 4.74 Å². The molecule has 0 bridgehead atoms. The Bertz CT molecular complexity index is 623. The second kappa shape index (κ2) is 5.99. The van der Waals surface area contributed by atoms with Gasteiger partial charge in [-0.05, 0) is 37.5 Å². The highest BCUT2D eigenvalue weighted by atomic mass is 16.5. The van der Waals surface area contributed by atoms with Crippen LogP contribution in [0.3, 0.4) is 0 Å². The molecule has 0 saturated carbocycles. The molecule has 5 nitrogen and oxygen atoms in total. The predicted octanol–water partition coefficient (Wildman–Crippen LogP) is 2.72. The normalized spacial score (nSPS) is 15.0. The number of nitrogen functional groups attached to an aromatic ring is 1. The van der Waals surface area contributed by atoms with Gasteiger partial charge in [-0.3, -0.25) is 0 Å². The van der Waals surface area contributed by atoms with E-state index >= 15 is 0 Å². The molecule has 0 atom stereocenters. The summed E-state index contributed by atoms with van der Waals surface area (Å²) in [5.41, 5.74) is 8.73. The lowest BCUT2D eigenvalue weighted by Gasteiger charge is -2.29. The molecule has 110 valence electrons. The molecule has 1 aliphatic rings. The van der Waals surface area contributed by atoms with Gasteiger partial charge in [0.2, 0.25) is 0 Å². The van der Waals surface area contributed by atoms with E-state index in [2.05, 4.69) is 15.1 Å². The van der Waals surface area contributed by atoms with E-state index in [0.29, 0.717) is 5.82 Å². The Morgan fingerprint density at radius 1 is 1.10 bits per heavy atom. The van der Waals surface area contributed by atoms with Gasteiger partial charge < -0.3 is 15.4 Å². The van der Waals surface area contributed by atoms with Crippen molar-refractivity contribution in [3.63, 3.8) is 0 Å². The van der Waals surface area contributed by atoms with E-state index in [0.717, 1.165) is 35.8 Å². The van der Waals surface area contributed by atoms with E-state index < -0.39 is 0 Å². The summed E-state index contributed by atoms with van der Waals surface area (Å²) in [7, 11) is 1.66. The smallest absolute Gasteiger partial charge is 0.169 e. The zero-order valence-electron chi connectivity index (χ0n) is 12.2. The summed E-state index contributed by atoms with van der Waals surface area (Å²) in [5.74, 6) is 1.29. The highest BCUT2D eigenvalue weighted by molar-refractivity contribution is 5.74. The van der Waals surface area contributed by atoms with Crippen molar-refractivity contribution in [2.75, 3.05) is 30.8 Å². The monoisotopic (exact) mass is 284 g/mol. The number of hydrogen-bond donors (Lipinski definition) is 1. The fourth-order valence-electron chi connectivity index (χ4n) is 2.77. The number of rotatable bonds is 3. The molecule has 3 rings (SSSR count). The van der Waals surface area contributed by atoms with E-state index in [1.54, 1.807) is 7.11 Å². The van der Waals surface area contributed by atoms with Crippen molar-refractivity contribution in [2.24, 2.45) is 0 Å². The first kappa shape index (κ1) is 13.7. The van der Waals surface area contributed by atoms with Gasteiger partial charge in [0, 0.05) is 18.7 Å². The molecule has 21 heavy (non-hydrogen) atoms. The maximum Gasteiger partial charge on any atom is 0.169 e. The topological polar surface area (TPSA) is 64.3 Å². The Morgan fingerprint density at radius 3 is 2.62 bits per heavy atom. The predicted molar refractivity (Wildman–Crippen MR) is 84.5 cm³/mol. The lowest BCUT2D eigenvalue weighted by molar-refractivity contribution is 0.416. The third kappa shape index (κ3) is 2.77. The first-order valence-electron chi connectivity index (χ1n) is 7.31. The molecule has 0 amide bonds. The van der Waals surface area contributed by atoms with Crippen molar-refractivity contribution in [2.45, 2.75) is 19.3 Å². The third-order valence-corrected chi connectivity index (χ3v) is 3.88. The number of benzene rings is 1. The van der Waals surface area contributed by atoms with Crippen LogP contribution >= 0.6 is 0 Å². The van der Waals surface area contributed by atoms with Gasteiger partial charge in [0.15, 0.2) is 5.82 Å². The number of nitrogens with two attached hydrogens (primary N) is 1. The summed E-state index contributed by atoms with van der Waals surface area (Å²) in [6.07, 6.45) is 3.69. The Hall–Kier alpha value is -2.30. The van der Waals surface area contributed by atoms with Crippen molar-refractivity contribution >= 4 is 11.5 Å². The molecule has 0 aliphatic carbocycles. The lowest BCUT2D eigenvalue weighted by atomic mass is 10.1. The van der Waals surface area contributed by atoms with E-state index in [1.807, 2.05) is 30.3 Å². The Labute approximate surface area is 124 Å². The number of anilines is 2. The Balaban J connectivity index is 2.00. The second-order valence-electron chi connectivity index (χ2n) is 5.25. The van der Waals surface area contributed by atoms with Gasteiger partial charge in [-0.1, -0.05) is 12.1 Å². The van der Waals surface area contributed by atoms with Gasteiger partial charge in [0.25, 0.3) is 0 Å². The van der Waals surface area contributed by atoms with Gasteiger partial charge >= 0.3 is 0 Å². The van der Waals surface area contributed by atoms with Crippen LogP contribution in [0, 0.1) is 0 Å². The van der Waals surface area contributed by atoms with Crippen LogP contribution in [0.2, 0.25) is 0 Å². The van der Waals surface area contributed by atoms with Crippen LogP contribution in [0.4, 0.5) is 11.5 Å². The maximum atomic E-state index is 6.02. The summed E-state index contributed by atoms with van der Waals surface area (Å²) in [6.45, 7) is 2.06. The molecule has 2 aromatic rings. The van der Waals surface area contributed by atoms with E-state index in [-0.39, 0.29) is 0 Å². The summed E-state index contributed by atoms with van der Waals surface area (Å²) in [4.78, 5) is 2.30. The van der Waals surface area contributed by atoms with Crippen LogP contribution in [-0.2, 0) is 0 Å². The zero-order chi connectivity index (χ0) is 14.7. The van der Waals surface area contributed by atoms with Gasteiger partial charge in [0.05, 0.1) is 18.5 Å². The quantitative estimate of drug-likeness (QED) is 0.939. The zero-order valence-corrected chi connectivity index (χ0v) is 12.2. The van der Waals surface area contributed by atoms with Crippen molar-refractivity contribution in [1.29, 1.82) is 0 Å². The van der Waals surface area contributed by atoms with Crippen molar-refractivity contribution in [1.82, 2.24) is 10.2 Å². The maximum absolute atomic E-state index is 6.02. The summed E-state index contributed by atoms with van der Waals surface area (Å²) in [5, 5.41) is 8.37. The first-order valence-corrected chi connectivity index (χ1v) is 7.31. The number of piperidine rings is 1. The Kier molecular flexibility index (Phi) is 3.90. The third-order valence-electron chi connectivity index (χ3n) is 3.88.